The number of nitrogens with zero attached hydrogens (tertiary/aromatic N) is 2. The van der Waals surface area contributed by atoms with Crippen LogP contribution in [0.1, 0.15) is 24.6 Å². The average Bonchev–Trinajstić information content (AvgIpc) is 3.08. The number of rotatable bonds is 4. The van der Waals surface area contributed by atoms with Crippen molar-refractivity contribution in [3.63, 3.8) is 0 Å². The van der Waals surface area contributed by atoms with Crippen molar-refractivity contribution in [2.45, 2.75) is 26.8 Å². The second-order valence-corrected chi connectivity index (χ2v) is 6.95. The standard InChI is InChI=1S/C19H23N3O4/c1-12-3-5-14(6-4-12)17-21-16(11-26-17)8-20-19(25)22-9-13(2)7-15(10-22)18(23)24/h3-6,11,13,15H,7-10H2,1-2H3,(H,20,25)(H,23,24). The average molecular weight is 357 g/mol. The summed E-state index contributed by atoms with van der Waals surface area (Å²) in [6.07, 6.45) is 2.12. The Morgan fingerprint density at radius 1 is 1.31 bits per heavy atom. The van der Waals surface area contributed by atoms with Crippen molar-refractivity contribution in [2.24, 2.45) is 11.8 Å². The SMILES string of the molecule is Cc1ccc(-c2nc(CNC(=O)N3CC(C)CC(C(=O)O)C3)co2)cc1. The highest BCUT2D eigenvalue weighted by Gasteiger charge is 2.31. The van der Waals surface area contributed by atoms with Crippen LogP contribution in [0.3, 0.4) is 0 Å². The van der Waals surface area contributed by atoms with Gasteiger partial charge in [0.15, 0.2) is 0 Å². The predicted octanol–water partition coefficient (Wildman–Crippen LogP) is 2.90. The molecule has 26 heavy (non-hydrogen) atoms. The lowest BCUT2D eigenvalue weighted by molar-refractivity contribution is -0.143. The molecule has 0 radical (unpaired) electrons. The predicted molar refractivity (Wildman–Crippen MR) is 95.4 cm³/mol. The summed E-state index contributed by atoms with van der Waals surface area (Å²) in [5, 5.41) is 12.0. The molecule has 1 fully saturated rings. The number of amides is 2. The maximum Gasteiger partial charge on any atom is 0.317 e. The fourth-order valence-corrected chi connectivity index (χ4v) is 3.19. The van der Waals surface area contributed by atoms with Crippen LogP contribution in [0.2, 0.25) is 0 Å². The van der Waals surface area contributed by atoms with Gasteiger partial charge in [-0.15, -0.1) is 0 Å². The van der Waals surface area contributed by atoms with Gasteiger partial charge in [0, 0.05) is 18.7 Å². The number of aryl methyl sites for hydroxylation is 1. The molecule has 7 nitrogen and oxygen atoms in total. The van der Waals surface area contributed by atoms with Crippen LogP contribution in [0.15, 0.2) is 34.9 Å². The normalized spacial score (nSPS) is 20.0. The second kappa shape index (κ2) is 7.59. The quantitative estimate of drug-likeness (QED) is 0.877. The molecule has 2 aromatic rings. The van der Waals surface area contributed by atoms with Gasteiger partial charge in [-0.05, 0) is 31.4 Å². The molecule has 2 unspecified atom stereocenters. The molecule has 0 spiro atoms. The van der Waals surface area contributed by atoms with E-state index in [4.69, 9.17) is 4.42 Å². The number of carboxylic acid groups (broad SMARTS) is 1. The van der Waals surface area contributed by atoms with E-state index in [0.29, 0.717) is 24.6 Å². The molecular formula is C19H23N3O4. The smallest absolute Gasteiger partial charge is 0.317 e. The van der Waals surface area contributed by atoms with Crippen molar-refractivity contribution in [1.29, 1.82) is 0 Å². The van der Waals surface area contributed by atoms with E-state index in [1.807, 2.05) is 38.1 Å². The lowest BCUT2D eigenvalue weighted by atomic mass is 9.91. The molecule has 7 heteroatoms. The number of carboxylic acids is 1. The number of aliphatic carboxylic acids is 1. The van der Waals surface area contributed by atoms with Crippen LogP contribution >= 0.6 is 0 Å². The van der Waals surface area contributed by atoms with Crippen LogP contribution in [-0.2, 0) is 11.3 Å². The molecule has 2 atom stereocenters. The van der Waals surface area contributed by atoms with Gasteiger partial charge >= 0.3 is 12.0 Å². The molecule has 1 aromatic heterocycles. The van der Waals surface area contributed by atoms with Gasteiger partial charge in [0.1, 0.15) is 6.26 Å². The van der Waals surface area contributed by atoms with Gasteiger partial charge in [-0.25, -0.2) is 9.78 Å². The van der Waals surface area contributed by atoms with E-state index in [-0.39, 0.29) is 25.0 Å². The van der Waals surface area contributed by atoms with Crippen LogP contribution in [0.5, 0.6) is 0 Å². The Hall–Kier alpha value is -2.83. The van der Waals surface area contributed by atoms with Crippen molar-refractivity contribution < 1.29 is 19.1 Å². The Bertz CT molecular complexity index is 784. The fourth-order valence-electron chi connectivity index (χ4n) is 3.19. The van der Waals surface area contributed by atoms with E-state index in [1.165, 1.54) is 6.26 Å². The molecule has 1 aromatic carbocycles. The molecule has 2 N–H and O–H groups in total. The van der Waals surface area contributed by atoms with Crippen molar-refractivity contribution in [1.82, 2.24) is 15.2 Å². The number of likely N-dealkylation sites (tertiary alicyclic amines) is 1. The Morgan fingerprint density at radius 2 is 2.04 bits per heavy atom. The summed E-state index contributed by atoms with van der Waals surface area (Å²) in [6.45, 7) is 5.00. The molecule has 2 heterocycles. The number of aromatic nitrogens is 1. The van der Waals surface area contributed by atoms with E-state index >= 15 is 0 Å². The van der Waals surface area contributed by atoms with Gasteiger partial charge in [-0.3, -0.25) is 4.79 Å². The zero-order chi connectivity index (χ0) is 18.7. The molecule has 3 rings (SSSR count). The van der Waals surface area contributed by atoms with Gasteiger partial charge < -0.3 is 19.7 Å². The van der Waals surface area contributed by atoms with E-state index in [9.17, 15) is 14.7 Å². The van der Waals surface area contributed by atoms with Gasteiger partial charge in [0.2, 0.25) is 5.89 Å². The summed E-state index contributed by atoms with van der Waals surface area (Å²) in [5.74, 6) is -0.694. The summed E-state index contributed by atoms with van der Waals surface area (Å²) in [4.78, 5) is 29.5. The number of benzene rings is 1. The van der Waals surface area contributed by atoms with Gasteiger partial charge in [-0.1, -0.05) is 24.6 Å². The van der Waals surface area contributed by atoms with Crippen LogP contribution in [0.25, 0.3) is 11.5 Å². The topological polar surface area (TPSA) is 95.7 Å². The molecule has 2 amide bonds. The molecule has 1 aliphatic rings. The third-order valence-corrected chi connectivity index (χ3v) is 4.57. The molecule has 1 saturated heterocycles. The summed E-state index contributed by atoms with van der Waals surface area (Å²) in [5.41, 5.74) is 2.65. The first kappa shape index (κ1) is 18.0. The Labute approximate surface area is 152 Å². The van der Waals surface area contributed by atoms with Gasteiger partial charge in [0.25, 0.3) is 0 Å². The third kappa shape index (κ3) is 4.22. The molecule has 1 aliphatic heterocycles. The Morgan fingerprint density at radius 3 is 2.73 bits per heavy atom. The highest BCUT2D eigenvalue weighted by atomic mass is 16.4. The summed E-state index contributed by atoms with van der Waals surface area (Å²) < 4.78 is 5.48. The number of hydrogen-bond donors (Lipinski definition) is 2. The van der Waals surface area contributed by atoms with E-state index in [2.05, 4.69) is 10.3 Å². The maximum absolute atomic E-state index is 12.4. The van der Waals surface area contributed by atoms with E-state index in [1.54, 1.807) is 4.90 Å². The van der Waals surface area contributed by atoms with Crippen molar-refractivity contribution in [3.8, 4) is 11.5 Å². The number of urea groups is 1. The number of hydrogen-bond acceptors (Lipinski definition) is 4. The van der Waals surface area contributed by atoms with Crippen LogP contribution in [0, 0.1) is 18.8 Å². The monoisotopic (exact) mass is 357 g/mol. The van der Waals surface area contributed by atoms with Crippen LogP contribution < -0.4 is 5.32 Å². The highest BCUT2D eigenvalue weighted by Crippen LogP contribution is 2.22. The zero-order valence-electron chi connectivity index (χ0n) is 14.9. The first-order valence-corrected chi connectivity index (χ1v) is 8.69. The zero-order valence-corrected chi connectivity index (χ0v) is 14.9. The highest BCUT2D eigenvalue weighted by molar-refractivity contribution is 5.76. The van der Waals surface area contributed by atoms with Crippen molar-refractivity contribution in [3.05, 3.63) is 41.8 Å². The van der Waals surface area contributed by atoms with Crippen LogP contribution in [0.4, 0.5) is 4.79 Å². The number of oxazole rings is 1. The largest absolute Gasteiger partial charge is 0.481 e. The lowest BCUT2D eigenvalue weighted by Gasteiger charge is -2.34. The summed E-state index contributed by atoms with van der Waals surface area (Å²) in [7, 11) is 0. The Kier molecular flexibility index (Phi) is 5.25. The maximum atomic E-state index is 12.4. The summed E-state index contributed by atoms with van der Waals surface area (Å²) in [6, 6.07) is 7.56. The molecular weight excluding hydrogens is 334 g/mol. The van der Waals surface area contributed by atoms with E-state index < -0.39 is 11.9 Å². The number of piperidine rings is 1. The number of nitrogens with one attached hydrogen (secondary N) is 1. The number of carbonyl (C=O) groups is 2. The van der Waals surface area contributed by atoms with Gasteiger partial charge in [0.05, 0.1) is 18.2 Å². The number of carbonyl (C=O) groups excluding carboxylic acids is 1. The minimum absolute atomic E-state index is 0.163. The first-order chi connectivity index (χ1) is 12.4. The second-order valence-electron chi connectivity index (χ2n) is 6.95. The van der Waals surface area contributed by atoms with Gasteiger partial charge in [-0.2, -0.15) is 0 Å². The molecule has 0 saturated carbocycles. The lowest BCUT2D eigenvalue weighted by Crippen LogP contribution is -2.49. The molecule has 0 bridgehead atoms. The molecule has 138 valence electrons. The Balaban J connectivity index is 1.58. The summed E-state index contributed by atoms with van der Waals surface area (Å²) >= 11 is 0. The minimum Gasteiger partial charge on any atom is -0.481 e. The van der Waals surface area contributed by atoms with Crippen molar-refractivity contribution in [2.75, 3.05) is 13.1 Å². The van der Waals surface area contributed by atoms with Crippen LogP contribution in [-0.4, -0.2) is 40.1 Å². The van der Waals surface area contributed by atoms with E-state index in [0.717, 1.165) is 11.1 Å². The fraction of sp³-hybridized carbons (Fsp3) is 0.421. The minimum atomic E-state index is -0.853. The molecule has 0 aliphatic carbocycles. The van der Waals surface area contributed by atoms with Crippen molar-refractivity contribution >= 4 is 12.0 Å². The first-order valence-electron chi connectivity index (χ1n) is 8.69. The third-order valence-electron chi connectivity index (χ3n) is 4.57.